The number of anilines is 1. The molecule has 0 heterocycles. The molecule has 0 fully saturated rings. The van der Waals surface area contributed by atoms with Crippen molar-refractivity contribution >= 4 is 11.6 Å². The fraction of sp³-hybridized carbons (Fsp3) is 0.588. The Bertz CT molecular complexity index is 455. The Kier molecular flexibility index (Phi) is 7.23. The minimum absolute atomic E-state index is 0.0773. The molecule has 1 amide bonds. The largest absolute Gasteiger partial charge is 0.398 e. The van der Waals surface area contributed by atoms with Crippen molar-refractivity contribution in [1.82, 2.24) is 10.2 Å². The van der Waals surface area contributed by atoms with Crippen molar-refractivity contribution < 1.29 is 4.79 Å². The molecule has 1 aromatic carbocycles. The van der Waals surface area contributed by atoms with Crippen LogP contribution >= 0.6 is 0 Å². The summed E-state index contributed by atoms with van der Waals surface area (Å²) in [6.07, 6.45) is 2.07. The van der Waals surface area contributed by atoms with Gasteiger partial charge in [0, 0.05) is 11.7 Å². The molecule has 118 valence electrons. The Hall–Kier alpha value is -1.55. The third kappa shape index (κ3) is 5.76. The number of amides is 1. The second kappa shape index (κ2) is 8.67. The molecule has 1 unspecified atom stereocenters. The summed E-state index contributed by atoms with van der Waals surface area (Å²) in [5.74, 6) is -0.0773. The summed E-state index contributed by atoms with van der Waals surface area (Å²) >= 11 is 0. The maximum absolute atomic E-state index is 12.2. The van der Waals surface area contributed by atoms with Gasteiger partial charge in [0.05, 0.1) is 5.56 Å². The molecule has 0 bridgehead atoms. The van der Waals surface area contributed by atoms with Crippen molar-refractivity contribution in [3.8, 4) is 0 Å². The lowest BCUT2D eigenvalue weighted by molar-refractivity contribution is 0.0938. The maximum atomic E-state index is 12.2. The monoisotopic (exact) mass is 291 g/mol. The Morgan fingerprint density at radius 1 is 1.33 bits per heavy atom. The molecule has 0 aliphatic heterocycles. The smallest absolute Gasteiger partial charge is 0.253 e. The molecule has 0 aliphatic carbocycles. The standard InChI is InChI=1S/C17H29N3O/c1-5-20(6-2)11-7-8-14(4)19-17(21)15-12-13(3)9-10-16(15)18/h9-10,12,14H,5-8,11,18H2,1-4H3,(H,19,21). The third-order valence-corrected chi connectivity index (χ3v) is 3.84. The van der Waals surface area contributed by atoms with Gasteiger partial charge in [-0.25, -0.2) is 0 Å². The van der Waals surface area contributed by atoms with Gasteiger partial charge < -0.3 is 16.0 Å². The highest BCUT2D eigenvalue weighted by atomic mass is 16.1. The predicted molar refractivity (Wildman–Crippen MR) is 89.5 cm³/mol. The number of benzene rings is 1. The van der Waals surface area contributed by atoms with Crippen LogP contribution in [0.3, 0.4) is 0 Å². The number of carbonyl (C=O) groups excluding carboxylic acids is 1. The van der Waals surface area contributed by atoms with Gasteiger partial charge in [0.1, 0.15) is 0 Å². The average molecular weight is 291 g/mol. The van der Waals surface area contributed by atoms with Gasteiger partial charge in [-0.2, -0.15) is 0 Å². The first-order chi connectivity index (χ1) is 9.97. The highest BCUT2D eigenvalue weighted by molar-refractivity contribution is 5.99. The Morgan fingerprint density at radius 2 is 2.00 bits per heavy atom. The maximum Gasteiger partial charge on any atom is 0.253 e. The molecule has 1 aromatic rings. The van der Waals surface area contributed by atoms with E-state index in [0.717, 1.165) is 38.0 Å². The molecule has 0 saturated carbocycles. The topological polar surface area (TPSA) is 58.4 Å². The van der Waals surface area contributed by atoms with E-state index in [9.17, 15) is 4.79 Å². The molecule has 21 heavy (non-hydrogen) atoms. The first-order valence-corrected chi connectivity index (χ1v) is 7.87. The molecular weight excluding hydrogens is 262 g/mol. The van der Waals surface area contributed by atoms with E-state index in [2.05, 4.69) is 24.1 Å². The number of nitrogen functional groups attached to an aromatic ring is 1. The van der Waals surface area contributed by atoms with Crippen LogP contribution < -0.4 is 11.1 Å². The fourth-order valence-corrected chi connectivity index (χ4v) is 2.40. The van der Waals surface area contributed by atoms with Crippen LogP contribution in [-0.2, 0) is 0 Å². The Balaban J connectivity index is 2.45. The zero-order valence-electron chi connectivity index (χ0n) is 13.8. The van der Waals surface area contributed by atoms with Crippen LogP contribution in [0.2, 0.25) is 0 Å². The van der Waals surface area contributed by atoms with E-state index >= 15 is 0 Å². The van der Waals surface area contributed by atoms with Gasteiger partial charge in [-0.15, -0.1) is 0 Å². The number of aryl methyl sites for hydroxylation is 1. The van der Waals surface area contributed by atoms with Gasteiger partial charge in [0.25, 0.3) is 5.91 Å². The normalized spacial score (nSPS) is 12.4. The van der Waals surface area contributed by atoms with Gasteiger partial charge in [-0.1, -0.05) is 25.5 Å². The lowest BCUT2D eigenvalue weighted by Gasteiger charge is -2.20. The van der Waals surface area contributed by atoms with Crippen molar-refractivity contribution in [3.05, 3.63) is 29.3 Å². The summed E-state index contributed by atoms with van der Waals surface area (Å²) in [6.45, 7) is 11.6. The molecule has 1 atom stereocenters. The van der Waals surface area contributed by atoms with Gasteiger partial charge in [0.2, 0.25) is 0 Å². The van der Waals surface area contributed by atoms with Crippen LogP contribution in [0.15, 0.2) is 18.2 Å². The zero-order chi connectivity index (χ0) is 15.8. The summed E-state index contributed by atoms with van der Waals surface area (Å²) in [7, 11) is 0. The summed E-state index contributed by atoms with van der Waals surface area (Å²) in [6, 6.07) is 5.70. The molecule has 0 radical (unpaired) electrons. The van der Waals surface area contributed by atoms with Crippen LogP contribution in [0.1, 0.15) is 49.5 Å². The predicted octanol–water partition coefficient (Wildman–Crippen LogP) is 2.82. The summed E-state index contributed by atoms with van der Waals surface area (Å²) in [4.78, 5) is 14.6. The second-order valence-corrected chi connectivity index (χ2v) is 5.63. The molecular formula is C17H29N3O. The van der Waals surface area contributed by atoms with Crippen molar-refractivity contribution in [2.75, 3.05) is 25.4 Å². The van der Waals surface area contributed by atoms with Crippen molar-refractivity contribution in [3.63, 3.8) is 0 Å². The minimum atomic E-state index is -0.0773. The molecule has 0 aliphatic rings. The SMILES string of the molecule is CCN(CC)CCCC(C)NC(=O)c1cc(C)ccc1N. The van der Waals surface area contributed by atoms with E-state index in [1.54, 1.807) is 6.07 Å². The van der Waals surface area contributed by atoms with E-state index in [0.29, 0.717) is 11.3 Å². The Morgan fingerprint density at radius 3 is 2.62 bits per heavy atom. The van der Waals surface area contributed by atoms with Gasteiger partial charge >= 0.3 is 0 Å². The summed E-state index contributed by atoms with van der Waals surface area (Å²) < 4.78 is 0. The van der Waals surface area contributed by atoms with Gasteiger partial charge in [-0.05, 0) is 58.5 Å². The number of nitrogens with two attached hydrogens (primary N) is 1. The first-order valence-electron chi connectivity index (χ1n) is 7.87. The van der Waals surface area contributed by atoms with E-state index in [1.165, 1.54) is 0 Å². The molecule has 0 saturated heterocycles. The molecule has 0 spiro atoms. The number of carbonyl (C=O) groups is 1. The fourth-order valence-electron chi connectivity index (χ4n) is 2.40. The van der Waals surface area contributed by atoms with Crippen LogP contribution in [0.25, 0.3) is 0 Å². The molecule has 3 N–H and O–H groups in total. The number of hydrogen-bond donors (Lipinski definition) is 2. The van der Waals surface area contributed by atoms with Crippen molar-refractivity contribution in [1.29, 1.82) is 0 Å². The average Bonchev–Trinajstić information content (AvgIpc) is 2.46. The van der Waals surface area contributed by atoms with Crippen LogP contribution in [0.4, 0.5) is 5.69 Å². The molecule has 1 rings (SSSR count). The molecule has 4 heteroatoms. The lowest BCUT2D eigenvalue weighted by Crippen LogP contribution is -2.34. The number of rotatable bonds is 8. The third-order valence-electron chi connectivity index (χ3n) is 3.84. The first kappa shape index (κ1) is 17.5. The zero-order valence-corrected chi connectivity index (χ0v) is 13.8. The van der Waals surface area contributed by atoms with Crippen molar-refractivity contribution in [2.45, 2.75) is 46.6 Å². The number of nitrogens with one attached hydrogen (secondary N) is 1. The lowest BCUT2D eigenvalue weighted by atomic mass is 10.1. The van der Waals surface area contributed by atoms with Gasteiger partial charge in [0.15, 0.2) is 0 Å². The van der Waals surface area contributed by atoms with Crippen LogP contribution in [-0.4, -0.2) is 36.5 Å². The summed E-state index contributed by atoms with van der Waals surface area (Å²) in [5.41, 5.74) is 8.03. The quantitative estimate of drug-likeness (QED) is 0.724. The van der Waals surface area contributed by atoms with E-state index in [1.807, 2.05) is 26.0 Å². The molecule has 0 aromatic heterocycles. The summed E-state index contributed by atoms with van der Waals surface area (Å²) in [5, 5.41) is 3.04. The van der Waals surface area contributed by atoms with Crippen molar-refractivity contribution in [2.24, 2.45) is 0 Å². The highest BCUT2D eigenvalue weighted by Crippen LogP contribution is 2.14. The molecule has 4 nitrogen and oxygen atoms in total. The minimum Gasteiger partial charge on any atom is -0.398 e. The number of hydrogen-bond acceptors (Lipinski definition) is 3. The van der Waals surface area contributed by atoms with E-state index in [-0.39, 0.29) is 11.9 Å². The Labute approximate surface area is 128 Å². The van der Waals surface area contributed by atoms with Crippen LogP contribution in [0, 0.1) is 6.92 Å². The van der Waals surface area contributed by atoms with E-state index < -0.39 is 0 Å². The van der Waals surface area contributed by atoms with Crippen LogP contribution in [0.5, 0.6) is 0 Å². The second-order valence-electron chi connectivity index (χ2n) is 5.63. The van der Waals surface area contributed by atoms with E-state index in [4.69, 9.17) is 5.73 Å². The van der Waals surface area contributed by atoms with Gasteiger partial charge in [-0.3, -0.25) is 4.79 Å². The highest BCUT2D eigenvalue weighted by Gasteiger charge is 2.13. The number of nitrogens with zero attached hydrogens (tertiary/aromatic N) is 1.